The maximum absolute atomic E-state index is 11.7. The molecule has 0 aliphatic carbocycles. The highest BCUT2D eigenvalue weighted by Gasteiger charge is 2.37. The second-order valence-electron chi connectivity index (χ2n) is 4.29. The highest BCUT2D eigenvalue weighted by atomic mass is 16.2. The maximum Gasteiger partial charge on any atom is 0.287 e. The lowest BCUT2D eigenvalue weighted by atomic mass is 10.1. The van der Waals surface area contributed by atoms with Crippen molar-refractivity contribution in [2.45, 2.75) is 25.4 Å². The van der Waals surface area contributed by atoms with Crippen LogP contribution in [0, 0.1) is 0 Å². The van der Waals surface area contributed by atoms with Crippen LogP contribution in [-0.2, 0) is 20.9 Å². The fourth-order valence-electron chi connectivity index (χ4n) is 2.15. The molecule has 0 spiro atoms. The van der Waals surface area contributed by atoms with E-state index in [4.69, 9.17) is 5.73 Å². The van der Waals surface area contributed by atoms with E-state index in [2.05, 4.69) is 0 Å². The number of ketones is 1. The maximum atomic E-state index is 11.7. The molecule has 0 bridgehead atoms. The van der Waals surface area contributed by atoms with E-state index in [1.807, 2.05) is 30.3 Å². The van der Waals surface area contributed by atoms with Crippen LogP contribution in [0.1, 0.15) is 18.4 Å². The van der Waals surface area contributed by atoms with Gasteiger partial charge in [-0.1, -0.05) is 30.3 Å². The van der Waals surface area contributed by atoms with Crippen molar-refractivity contribution in [2.24, 2.45) is 5.73 Å². The Bertz CT molecular complexity index is 484. The van der Waals surface area contributed by atoms with Gasteiger partial charge in [0.25, 0.3) is 5.91 Å². The SMILES string of the molecule is NC(=O)C(=O)[C@H]1CCC(=O)N1Cc1ccccc1. The Kier molecular flexibility index (Phi) is 3.41. The third-order valence-corrected chi connectivity index (χ3v) is 3.07. The number of carbonyl (C=O) groups is 3. The van der Waals surface area contributed by atoms with Crippen LogP contribution in [0.3, 0.4) is 0 Å². The number of nitrogens with two attached hydrogens (primary N) is 1. The van der Waals surface area contributed by atoms with Gasteiger partial charge in [-0.3, -0.25) is 14.4 Å². The van der Waals surface area contributed by atoms with Crippen molar-refractivity contribution in [3.63, 3.8) is 0 Å². The van der Waals surface area contributed by atoms with Gasteiger partial charge in [0.1, 0.15) is 6.04 Å². The van der Waals surface area contributed by atoms with Crippen molar-refractivity contribution in [2.75, 3.05) is 0 Å². The molecule has 94 valence electrons. The lowest BCUT2D eigenvalue weighted by Gasteiger charge is -2.22. The normalized spacial score (nSPS) is 19.0. The number of rotatable bonds is 4. The fraction of sp³-hybridized carbons (Fsp3) is 0.308. The van der Waals surface area contributed by atoms with Crippen LogP contribution in [0.5, 0.6) is 0 Å². The van der Waals surface area contributed by atoms with Gasteiger partial charge in [-0.15, -0.1) is 0 Å². The van der Waals surface area contributed by atoms with Gasteiger partial charge >= 0.3 is 0 Å². The molecular formula is C13H14N2O3. The second-order valence-corrected chi connectivity index (χ2v) is 4.29. The smallest absolute Gasteiger partial charge is 0.287 e. The molecule has 18 heavy (non-hydrogen) atoms. The van der Waals surface area contributed by atoms with Crippen molar-refractivity contribution in [1.29, 1.82) is 0 Å². The Morgan fingerprint density at radius 1 is 1.28 bits per heavy atom. The molecule has 1 fully saturated rings. The Labute approximate surface area is 105 Å². The molecule has 1 aliphatic heterocycles. The first kappa shape index (κ1) is 12.3. The number of likely N-dealkylation sites (tertiary alicyclic amines) is 1. The number of hydrogen-bond donors (Lipinski definition) is 1. The third kappa shape index (κ3) is 2.40. The highest BCUT2D eigenvalue weighted by molar-refractivity contribution is 6.38. The summed E-state index contributed by atoms with van der Waals surface area (Å²) >= 11 is 0. The van der Waals surface area contributed by atoms with Crippen molar-refractivity contribution < 1.29 is 14.4 Å². The summed E-state index contributed by atoms with van der Waals surface area (Å²) in [6, 6.07) is 8.65. The van der Waals surface area contributed by atoms with Crippen LogP contribution in [0.4, 0.5) is 0 Å². The van der Waals surface area contributed by atoms with Gasteiger partial charge in [0.2, 0.25) is 11.7 Å². The Morgan fingerprint density at radius 2 is 1.94 bits per heavy atom. The molecule has 2 N–H and O–H groups in total. The number of Topliss-reactive ketones (excluding diaryl/α,β-unsaturated/α-hetero) is 1. The molecule has 0 radical (unpaired) electrons. The van der Waals surface area contributed by atoms with Crippen molar-refractivity contribution in [3.8, 4) is 0 Å². The minimum absolute atomic E-state index is 0.113. The quantitative estimate of drug-likeness (QED) is 0.772. The summed E-state index contributed by atoms with van der Waals surface area (Å²) in [6.07, 6.45) is 0.657. The number of amides is 2. The van der Waals surface area contributed by atoms with E-state index >= 15 is 0 Å². The summed E-state index contributed by atoms with van der Waals surface area (Å²) in [6.45, 7) is 0.337. The number of primary amides is 1. The van der Waals surface area contributed by atoms with Crippen molar-refractivity contribution in [1.82, 2.24) is 4.90 Å². The Hall–Kier alpha value is -2.17. The van der Waals surface area contributed by atoms with Gasteiger partial charge in [-0.2, -0.15) is 0 Å². The minimum atomic E-state index is -0.979. The molecular weight excluding hydrogens is 232 g/mol. The molecule has 1 saturated heterocycles. The number of benzene rings is 1. The summed E-state index contributed by atoms with van der Waals surface area (Å²) < 4.78 is 0. The summed E-state index contributed by atoms with van der Waals surface area (Å²) in [5.41, 5.74) is 5.92. The number of carbonyl (C=O) groups excluding carboxylic acids is 3. The first-order chi connectivity index (χ1) is 8.59. The van der Waals surface area contributed by atoms with Crippen LogP contribution in [0.15, 0.2) is 30.3 Å². The van der Waals surface area contributed by atoms with E-state index in [1.165, 1.54) is 4.90 Å². The zero-order chi connectivity index (χ0) is 13.1. The molecule has 1 atom stereocenters. The van der Waals surface area contributed by atoms with Crippen LogP contribution >= 0.6 is 0 Å². The fourth-order valence-corrected chi connectivity index (χ4v) is 2.15. The first-order valence-corrected chi connectivity index (χ1v) is 5.76. The van der Waals surface area contributed by atoms with Crippen LogP contribution < -0.4 is 5.73 Å². The lowest BCUT2D eigenvalue weighted by molar-refractivity contribution is -0.141. The monoisotopic (exact) mass is 246 g/mol. The van der Waals surface area contributed by atoms with Crippen LogP contribution in [0.2, 0.25) is 0 Å². The Balaban J connectivity index is 2.16. The Morgan fingerprint density at radius 3 is 2.56 bits per heavy atom. The molecule has 1 aliphatic rings. The van der Waals surface area contributed by atoms with Crippen LogP contribution in [0.25, 0.3) is 0 Å². The summed E-state index contributed by atoms with van der Waals surface area (Å²) in [7, 11) is 0. The molecule has 0 saturated carbocycles. The molecule has 1 aromatic carbocycles. The highest BCUT2D eigenvalue weighted by Crippen LogP contribution is 2.22. The van der Waals surface area contributed by atoms with Crippen molar-refractivity contribution in [3.05, 3.63) is 35.9 Å². The molecule has 1 heterocycles. The zero-order valence-corrected chi connectivity index (χ0v) is 9.83. The molecule has 5 nitrogen and oxygen atoms in total. The van der Waals surface area contributed by atoms with E-state index < -0.39 is 17.7 Å². The van der Waals surface area contributed by atoms with E-state index in [0.29, 0.717) is 13.0 Å². The van der Waals surface area contributed by atoms with E-state index in [9.17, 15) is 14.4 Å². The molecule has 0 aromatic heterocycles. The standard InChI is InChI=1S/C13H14N2O3/c14-13(18)12(17)10-6-7-11(16)15(10)8-9-4-2-1-3-5-9/h1-5,10H,6-8H2,(H2,14,18)/t10-/m1/s1. The topological polar surface area (TPSA) is 80.5 Å². The van der Waals surface area contributed by atoms with Gasteiger partial charge in [-0.05, 0) is 12.0 Å². The predicted octanol–water partition coefficient (Wildman–Crippen LogP) is 0.232. The predicted molar refractivity (Wildman–Crippen MR) is 64.2 cm³/mol. The number of hydrogen-bond acceptors (Lipinski definition) is 3. The first-order valence-electron chi connectivity index (χ1n) is 5.76. The largest absolute Gasteiger partial charge is 0.363 e. The van der Waals surface area contributed by atoms with E-state index in [0.717, 1.165) is 5.56 Å². The van der Waals surface area contributed by atoms with Gasteiger partial charge in [0.05, 0.1) is 0 Å². The van der Waals surface area contributed by atoms with Gasteiger partial charge in [-0.25, -0.2) is 0 Å². The molecule has 1 aromatic rings. The van der Waals surface area contributed by atoms with Gasteiger partial charge < -0.3 is 10.6 Å². The molecule has 5 heteroatoms. The second kappa shape index (κ2) is 5.00. The van der Waals surface area contributed by atoms with Crippen LogP contribution in [-0.4, -0.2) is 28.5 Å². The van der Waals surface area contributed by atoms with Crippen molar-refractivity contribution >= 4 is 17.6 Å². The molecule has 0 unspecified atom stereocenters. The van der Waals surface area contributed by atoms with Gasteiger partial charge in [0.15, 0.2) is 0 Å². The molecule has 2 amide bonds. The lowest BCUT2D eigenvalue weighted by Crippen LogP contribution is -2.43. The van der Waals surface area contributed by atoms with E-state index in [-0.39, 0.29) is 12.3 Å². The average Bonchev–Trinajstić information content (AvgIpc) is 2.71. The zero-order valence-electron chi connectivity index (χ0n) is 9.83. The average molecular weight is 246 g/mol. The van der Waals surface area contributed by atoms with Gasteiger partial charge in [0, 0.05) is 13.0 Å². The summed E-state index contributed by atoms with van der Waals surface area (Å²) in [4.78, 5) is 35.7. The third-order valence-electron chi connectivity index (χ3n) is 3.07. The minimum Gasteiger partial charge on any atom is -0.363 e. The summed E-state index contributed by atoms with van der Waals surface area (Å²) in [5.74, 6) is -1.78. The van der Waals surface area contributed by atoms with E-state index in [1.54, 1.807) is 0 Å². The summed E-state index contributed by atoms with van der Waals surface area (Å²) in [5, 5.41) is 0. The number of nitrogens with zero attached hydrogens (tertiary/aromatic N) is 1. The molecule has 2 rings (SSSR count).